The summed E-state index contributed by atoms with van der Waals surface area (Å²) < 4.78 is 34.3. The third kappa shape index (κ3) is 3.72. The summed E-state index contributed by atoms with van der Waals surface area (Å²) in [6.07, 6.45) is 1.12. The second kappa shape index (κ2) is 7.58. The Balaban J connectivity index is 1.57. The summed E-state index contributed by atoms with van der Waals surface area (Å²) >= 11 is 0. The van der Waals surface area contributed by atoms with Crippen LogP contribution < -0.4 is 5.56 Å². The zero-order chi connectivity index (χ0) is 20.4. The number of rotatable bonds is 5. The van der Waals surface area contributed by atoms with Gasteiger partial charge in [-0.1, -0.05) is 35.5 Å². The average molecular weight is 397 g/mol. The quantitative estimate of drug-likeness (QED) is 0.479. The van der Waals surface area contributed by atoms with Crippen LogP contribution in [0.4, 0.5) is 8.78 Å². The van der Waals surface area contributed by atoms with E-state index in [1.807, 2.05) is 18.2 Å². The smallest absolute Gasteiger partial charge is 0.326 e. The number of halogens is 2. The third-order valence-electron chi connectivity index (χ3n) is 4.11. The molecular formula is C19H13F2N5O3. The van der Waals surface area contributed by atoms with Crippen LogP contribution in [-0.2, 0) is 22.7 Å². The predicted molar refractivity (Wildman–Crippen MR) is 97.1 cm³/mol. The van der Waals surface area contributed by atoms with Gasteiger partial charge in [0.25, 0.3) is 5.56 Å². The van der Waals surface area contributed by atoms with Crippen LogP contribution in [-0.4, -0.2) is 30.5 Å². The van der Waals surface area contributed by atoms with Gasteiger partial charge in [-0.15, -0.1) is 5.10 Å². The Kier molecular flexibility index (Phi) is 4.82. The van der Waals surface area contributed by atoms with Crippen molar-refractivity contribution in [3.05, 3.63) is 82.4 Å². The number of ether oxygens (including phenoxy) is 1. The molecule has 0 aliphatic rings. The standard InChI is InChI=1S/C19H13F2N5O3/c20-13-6-7-15(14(21)8-13)26-18-17(23-24-26)19(28)25(11-22-18)9-16(27)29-10-12-4-2-1-3-5-12/h1-8,11H,9-10H2. The fraction of sp³-hybridized carbons (Fsp3) is 0.105. The number of hydrogen-bond donors (Lipinski definition) is 0. The van der Waals surface area contributed by atoms with Gasteiger partial charge < -0.3 is 4.74 Å². The fourth-order valence-corrected chi connectivity index (χ4v) is 2.69. The van der Waals surface area contributed by atoms with E-state index in [1.165, 1.54) is 0 Å². The van der Waals surface area contributed by atoms with Crippen molar-refractivity contribution in [3.8, 4) is 5.69 Å². The monoisotopic (exact) mass is 397 g/mol. The van der Waals surface area contributed by atoms with E-state index >= 15 is 0 Å². The molecule has 10 heteroatoms. The average Bonchev–Trinajstić information content (AvgIpc) is 3.14. The van der Waals surface area contributed by atoms with E-state index in [9.17, 15) is 18.4 Å². The molecule has 0 N–H and O–H groups in total. The van der Waals surface area contributed by atoms with Gasteiger partial charge in [0.15, 0.2) is 17.0 Å². The van der Waals surface area contributed by atoms with Crippen LogP contribution in [0.5, 0.6) is 0 Å². The zero-order valence-corrected chi connectivity index (χ0v) is 14.8. The van der Waals surface area contributed by atoms with Gasteiger partial charge in [-0.2, -0.15) is 4.68 Å². The van der Waals surface area contributed by atoms with Crippen LogP contribution >= 0.6 is 0 Å². The minimum Gasteiger partial charge on any atom is -0.459 e. The molecule has 0 bridgehead atoms. The molecule has 146 valence electrons. The highest BCUT2D eigenvalue weighted by Crippen LogP contribution is 2.16. The Morgan fingerprint density at radius 3 is 2.66 bits per heavy atom. The van der Waals surface area contributed by atoms with E-state index in [-0.39, 0.29) is 30.0 Å². The number of aromatic nitrogens is 5. The van der Waals surface area contributed by atoms with Gasteiger partial charge in [0.2, 0.25) is 0 Å². The molecular weight excluding hydrogens is 384 g/mol. The van der Waals surface area contributed by atoms with Crippen LogP contribution in [0.2, 0.25) is 0 Å². The number of carbonyl (C=O) groups is 1. The molecule has 0 unspecified atom stereocenters. The van der Waals surface area contributed by atoms with E-state index in [0.29, 0.717) is 6.07 Å². The van der Waals surface area contributed by atoms with Crippen LogP contribution in [0, 0.1) is 11.6 Å². The summed E-state index contributed by atoms with van der Waals surface area (Å²) in [6.45, 7) is -0.295. The first-order valence-electron chi connectivity index (χ1n) is 8.49. The first kappa shape index (κ1) is 18.4. The Morgan fingerprint density at radius 2 is 1.90 bits per heavy atom. The number of benzene rings is 2. The lowest BCUT2D eigenvalue weighted by atomic mass is 10.2. The van der Waals surface area contributed by atoms with Crippen molar-refractivity contribution in [2.24, 2.45) is 0 Å². The van der Waals surface area contributed by atoms with Crippen LogP contribution in [0.25, 0.3) is 16.9 Å². The lowest BCUT2D eigenvalue weighted by Gasteiger charge is -2.07. The van der Waals surface area contributed by atoms with Crippen molar-refractivity contribution in [1.29, 1.82) is 0 Å². The topological polar surface area (TPSA) is 91.9 Å². The first-order chi connectivity index (χ1) is 14.0. The first-order valence-corrected chi connectivity index (χ1v) is 8.49. The molecule has 0 amide bonds. The molecule has 2 aromatic heterocycles. The number of hydrogen-bond acceptors (Lipinski definition) is 6. The van der Waals surface area contributed by atoms with Crippen molar-refractivity contribution in [2.45, 2.75) is 13.2 Å². The van der Waals surface area contributed by atoms with Gasteiger partial charge in [-0.3, -0.25) is 14.2 Å². The van der Waals surface area contributed by atoms with Crippen LogP contribution in [0.15, 0.2) is 59.7 Å². The summed E-state index contributed by atoms with van der Waals surface area (Å²) in [5.74, 6) is -2.26. The number of carbonyl (C=O) groups excluding carboxylic acids is 1. The minimum atomic E-state index is -0.882. The van der Waals surface area contributed by atoms with E-state index in [4.69, 9.17) is 4.74 Å². The van der Waals surface area contributed by atoms with Crippen molar-refractivity contribution in [2.75, 3.05) is 0 Å². The molecule has 4 aromatic rings. The second-order valence-electron chi connectivity index (χ2n) is 6.09. The molecule has 2 heterocycles. The molecule has 0 spiro atoms. The van der Waals surface area contributed by atoms with Crippen LogP contribution in [0.3, 0.4) is 0 Å². The maximum atomic E-state index is 14.0. The van der Waals surface area contributed by atoms with E-state index in [1.54, 1.807) is 12.1 Å². The number of esters is 1. The molecule has 29 heavy (non-hydrogen) atoms. The van der Waals surface area contributed by atoms with Crippen LogP contribution in [0.1, 0.15) is 5.56 Å². The Labute approximate surface area is 162 Å². The molecule has 0 aliphatic carbocycles. The maximum Gasteiger partial charge on any atom is 0.326 e. The molecule has 0 atom stereocenters. The van der Waals surface area contributed by atoms with Gasteiger partial charge in [-0.25, -0.2) is 13.8 Å². The summed E-state index contributed by atoms with van der Waals surface area (Å²) in [7, 11) is 0. The zero-order valence-electron chi connectivity index (χ0n) is 14.8. The van der Waals surface area contributed by atoms with Gasteiger partial charge >= 0.3 is 5.97 Å². The highest BCUT2D eigenvalue weighted by atomic mass is 19.1. The normalized spacial score (nSPS) is 11.0. The molecule has 4 rings (SSSR count). The Bertz CT molecular complexity index is 1250. The Hall–Kier alpha value is -3.95. The number of nitrogens with zero attached hydrogens (tertiary/aromatic N) is 5. The predicted octanol–water partition coefficient (Wildman–Crippen LogP) is 2.00. The van der Waals surface area contributed by atoms with E-state index in [0.717, 1.165) is 33.3 Å². The van der Waals surface area contributed by atoms with Crippen molar-refractivity contribution in [1.82, 2.24) is 24.5 Å². The van der Waals surface area contributed by atoms with Crippen molar-refractivity contribution >= 4 is 17.1 Å². The summed E-state index contributed by atoms with van der Waals surface area (Å²) in [4.78, 5) is 28.7. The lowest BCUT2D eigenvalue weighted by Crippen LogP contribution is -2.26. The van der Waals surface area contributed by atoms with Gasteiger partial charge in [-0.05, 0) is 17.7 Å². The SMILES string of the molecule is O=C(Cn1cnc2c(nnn2-c2ccc(F)cc2F)c1=O)OCc1ccccc1. The largest absolute Gasteiger partial charge is 0.459 e. The highest BCUT2D eigenvalue weighted by molar-refractivity contribution is 5.72. The summed E-state index contributed by atoms with van der Waals surface area (Å²) in [5.41, 5.74) is -0.117. The maximum absolute atomic E-state index is 14.0. The molecule has 0 saturated heterocycles. The lowest BCUT2D eigenvalue weighted by molar-refractivity contribution is -0.145. The highest BCUT2D eigenvalue weighted by Gasteiger charge is 2.17. The second-order valence-corrected chi connectivity index (χ2v) is 6.09. The molecule has 8 nitrogen and oxygen atoms in total. The molecule has 0 saturated carbocycles. The van der Waals surface area contributed by atoms with Gasteiger partial charge in [0.05, 0.1) is 0 Å². The number of fused-ring (bicyclic) bond motifs is 1. The van der Waals surface area contributed by atoms with Gasteiger partial charge in [0.1, 0.15) is 31.0 Å². The van der Waals surface area contributed by atoms with E-state index < -0.39 is 23.2 Å². The third-order valence-corrected chi connectivity index (χ3v) is 4.11. The van der Waals surface area contributed by atoms with E-state index in [2.05, 4.69) is 15.3 Å². The molecule has 0 fully saturated rings. The molecule has 0 aliphatic heterocycles. The minimum absolute atomic E-state index is 0.0191. The Morgan fingerprint density at radius 1 is 1.10 bits per heavy atom. The van der Waals surface area contributed by atoms with Crippen molar-refractivity contribution < 1.29 is 18.3 Å². The summed E-state index contributed by atoms with van der Waals surface area (Å²) in [5, 5.41) is 7.45. The van der Waals surface area contributed by atoms with Crippen molar-refractivity contribution in [3.63, 3.8) is 0 Å². The summed E-state index contributed by atoms with van der Waals surface area (Å²) in [6, 6.07) is 12.0. The molecule has 0 radical (unpaired) electrons. The molecule has 2 aromatic carbocycles. The van der Waals surface area contributed by atoms with Gasteiger partial charge in [0, 0.05) is 6.07 Å². The fourth-order valence-electron chi connectivity index (χ4n) is 2.69.